The van der Waals surface area contributed by atoms with Gasteiger partial charge in [-0.2, -0.15) is 0 Å². The second-order valence-corrected chi connectivity index (χ2v) is 8.00. The lowest BCUT2D eigenvalue weighted by molar-refractivity contribution is -0.132. The van der Waals surface area contributed by atoms with Crippen LogP contribution in [0.1, 0.15) is 23.5 Å². The Morgan fingerprint density at radius 1 is 1.15 bits per heavy atom. The third-order valence-electron chi connectivity index (χ3n) is 4.41. The van der Waals surface area contributed by atoms with E-state index in [1.165, 1.54) is 0 Å². The quantitative estimate of drug-likeness (QED) is 0.620. The summed E-state index contributed by atoms with van der Waals surface area (Å²) in [5.74, 6) is 0.0771. The molecule has 0 saturated carbocycles. The molecule has 1 atom stereocenters. The molecule has 0 unspecified atom stereocenters. The van der Waals surface area contributed by atoms with E-state index in [-0.39, 0.29) is 11.9 Å². The molecule has 0 aliphatic heterocycles. The second kappa shape index (κ2) is 8.16. The van der Waals surface area contributed by atoms with Gasteiger partial charge in [-0.3, -0.25) is 9.69 Å². The molecule has 0 N–H and O–H groups in total. The van der Waals surface area contributed by atoms with Crippen molar-refractivity contribution in [1.82, 2.24) is 14.8 Å². The predicted molar refractivity (Wildman–Crippen MR) is 109 cm³/mol. The van der Waals surface area contributed by atoms with Gasteiger partial charge in [-0.05, 0) is 43.8 Å². The first kappa shape index (κ1) is 18.8. The summed E-state index contributed by atoms with van der Waals surface area (Å²) < 4.78 is 1.15. The number of hydrogen-bond acceptors (Lipinski definition) is 4. The molecule has 1 heterocycles. The molecule has 6 heteroatoms. The van der Waals surface area contributed by atoms with E-state index in [0.29, 0.717) is 13.1 Å². The Morgan fingerprint density at radius 3 is 2.54 bits per heavy atom. The highest BCUT2D eigenvalue weighted by Crippen LogP contribution is 2.28. The summed E-state index contributed by atoms with van der Waals surface area (Å²) >= 11 is 7.56. The maximum atomic E-state index is 12.7. The first-order valence-corrected chi connectivity index (χ1v) is 9.67. The fourth-order valence-corrected chi connectivity index (χ4v) is 3.94. The number of amides is 1. The van der Waals surface area contributed by atoms with Crippen molar-refractivity contribution in [3.8, 4) is 0 Å². The molecular formula is C20H22ClN3OS. The third-order valence-corrected chi connectivity index (χ3v) is 5.87. The Balaban J connectivity index is 1.61. The number of fused-ring (bicyclic) bond motifs is 1. The summed E-state index contributed by atoms with van der Waals surface area (Å²) in [4.78, 5) is 21.1. The number of thiazole rings is 1. The molecule has 4 nitrogen and oxygen atoms in total. The van der Waals surface area contributed by atoms with Crippen LogP contribution in [0.3, 0.4) is 0 Å². The molecule has 0 aliphatic rings. The second-order valence-electron chi connectivity index (χ2n) is 6.50. The van der Waals surface area contributed by atoms with Gasteiger partial charge in [0.05, 0.1) is 22.8 Å². The molecule has 0 spiro atoms. The first-order chi connectivity index (χ1) is 12.4. The van der Waals surface area contributed by atoms with Crippen molar-refractivity contribution in [2.75, 3.05) is 20.6 Å². The number of para-hydroxylation sites is 1. The molecule has 1 amide bonds. The number of halogens is 1. The maximum Gasteiger partial charge on any atom is 0.237 e. The molecule has 0 fully saturated rings. The van der Waals surface area contributed by atoms with E-state index >= 15 is 0 Å². The van der Waals surface area contributed by atoms with Gasteiger partial charge >= 0.3 is 0 Å². The van der Waals surface area contributed by atoms with Gasteiger partial charge in [0.2, 0.25) is 5.91 Å². The third kappa shape index (κ3) is 4.41. The van der Waals surface area contributed by atoms with Crippen molar-refractivity contribution in [3.63, 3.8) is 0 Å². The van der Waals surface area contributed by atoms with Gasteiger partial charge < -0.3 is 4.90 Å². The van der Waals surface area contributed by atoms with E-state index < -0.39 is 0 Å². The Bertz CT molecular complexity index is 860. The molecule has 2 aromatic carbocycles. The molecule has 3 aromatic rings. The van der Waals surface area contributed by atoms with Crippen LogP contribution in [-0.2, 0) is 11.3 Å². The summed E-state index contributed by atoms with van der Waals surface area (Å²) in [5.41, 5.74) is 2.12. The smallest absolute Gasteiger partial charge is 0.237 e. The lowest BCUT2D eigenvalue weighted by atomic mass is 10.2. The van der Waals surface area contributed by atoms with E-state index in [2.05, 4.69) is 11.1 Å². The SMILES string of the molecule is C[C@@H](c1nc2ccccc2s1)N(C)C(=O)CN(C)Cc1ccc(Cl)cc1. The van der Waals surface area contributed by atoms with Crippen LogP contribution in [0.5, 0.6) is 0 Å². The lowest BCUT2D eigenvalue weighted by Gasteiger charge is -2.26. The summed E-state index contributed by atoms with van der Waals surface area (Å²) in [6, 6.07) is 15.7. The average molecular weight is 388 g/mol. The van der Waals surface area contributed by atoms with Gasteiger partial charge in [-0.15, -0.1) is 11.3 Å². The number of carbonyl (C=O) groups excluding carboxylic acids is 1. The standard InChI is InChI=1S/C20H22ClN3OS/c1-14(20-22-17-6-4-5-7-18(17)26-20)24(3)19(25)13-23(2)12-15-8-10-16(21)11-9-15/h4-11,14H,12-13H2,1-3H3/t14-/m0/s1. The van der Waals surface area contributed by atoms with Crippen LogP contribution >= 0.6 is 22.9 Å². The minimum Gasteiger partial charge on any atom is -0.335 e. The van der Waals surface area contributed by atoms with E-state index in [1.54, 1.807) is 16.2 Å². The zero-order valence-corrected chi connectivity index (χ0v) is 16.7. The molecule has 1 aromatic heterocycles. The lowest BCUT2D eigenvalue weighted by Crippen LogP contribution is -2.37. The molecular weight excluding hydrogens is 366 g/mol. The van der Waals surface area contributed by atoms with Crippen molar-refractivity contribution >= 4 is 39.1 Å². The summed E-state index contributed by atoms with van der Waals surface area (Å²) in [5, 5.41) is 1.68. The zero-order chi connectivity index (χ0) is 18.7. The molecule has 0 aliphatic carbocycles. The average Bonchev–Trinajstić information content (AvgIpc) is 3.06. The van der Waals surface area contributed by atoms with Crippen LogP contribution in [0, 0.1) is 0 Å². The number of aromatic nitrogens is 1. The topological polar surface area (TPSA) is 36.4 Å². The number of rotatable bonds is 6. The molecule has 0 bridgehead atoms. The Kier molecular flexibility index (Phi) is 5.91. The number of carbonyl (C=O) groups is 1. The van der Waals surface area contributed by atoms with Crippen molar-refractivity contribution in [2.45, 2.75) is 19.5 Å². The first-order valence-electron chi connectivity index (χ1n) is 8.48. The Hall–Kier alpha value is -1.95. The van der Waals surface area contributed by atoms with E-state index in [4.69, 9.17) is 11.6 Å². The van der Waals surface area contributed by atoms with Gasteiger partial charge in [0.1, 0.15) is 5.01 Å². The Morgan fingerprint density at radius 2 is 1.85 bits per heavy atom. The maximum absolute atomic E-state index is 12.7. The van der Waals surface area contributed by atoms with E-state index in [0.717, 1.165) is 25.8 Å². The molecule has 0 saturated heterocycles. The van der Waals surface area contributed by atoms with Crippen molar-refractivity contribution < 1.29 is 4.79 Å². The van der Waals surface area contributed by atoms with Crippen LogP contribution in [0.25, 0.3) is 10.2 Å². The minimum absolute atomic E-state index is 0.0520. The van der Waals surface area contributed by atoms with Gasteiger partial charge in [0.15, 0.2) is 0 Å². The van der Waals surface area contributed by atoms with Crippen LogP contribution in [-0.4, -0.2) is 41.3 Å². The predicted octanol–water partition coefficient (Wildman–Crippen LogP) is 4.60. The fourth-order valence-electron chi connectivity index (χ4n) is 2.75. The van der Waals surface area contributed by atoms with Crippen LogP contribution < -0.4 is 0 Å². The number of nitrogens with zero attached hydrogens (tertiary/aromatic N) is 3. The van der Waals surface area contributed by atoms with Gasteiger partial charge in [0, 0.05) is 18.6 Å². The minimum atomic E-state index is -0.0520. The highest BCUT2D eigenvalue weighted by Gasteiger charge is 2.21. The molecule has 26 heavy (non-hydrogen) atoms. The molecule has 0 radical (unpaired) electrons. The summed E-state index contributed by atoms with van der Waals surface area (Å²) in [6.45, 7) is 3.08. The largest absolute Gasteiger partial charge is 0.335 e. The van der Waals surface area contributed by atoms with Gasteiger partial charge in [0.25, 0.3) is 0 Å². The van der Waals surface area contributed by atoms with Crippen LogP contribution in [0.2, 0.25) is 5.02 Å². The normalized spacial score (nSPS) is 12.5. The highest BCUT2D eigenvalue weighted by molar-refractivity contribution is 7.18. The van der Waals surface area contributed by atoms with Crippen LogP contribution in [0.15, 0.2) is 48.5 Å². The summed E-state index contributed by atoms with van der Waals surface area (Å²) in [6.07, 6.45) is 0. The molecule has 136 valence electrons. The summed E-state index contributed by atoms with van der Waals surface area (Å²) in [7, 11) is 3.79. The van der Waals surface area contributed by atoms with E-state index in [9.17, 15) is 4.79 Å². The van der Waals surface area contributed by atoms with E-state index in [1.807, 2.05) is 68.4 Å². The fraction of sp³-hybridized carbons (Fsp3) is 0.300. The zero-order valence-electron chi connectivity index (χ0n) is 15.1. The van der Waals surface area contributed by atoms with Crippen molar-refractivity contribution in [1.29, 1.82) is 0 Å². The Labute approximate surface area is 163 Å². The highest BCUT2D eigenvalue weighted by atomic mass is 35.5. The van der Waals surface area contributed by atoms with Crippen molar-refractivity contribution in [2.24, 2.45) is 0 Å². The monoisotopic (exact) mass is 387 g/mol. The van der Waals surface area contributed by atoms with Crippen LogP contribution in [0.4, 0.5) is 0 Å². The number of benzene rings is 2. The molecule has 3 rings (SSSR count). The van der Waals surface area contributed by atoms with Gasteiger partial charge in [-0.25, -0.2) is 4.98 Å². The number of likely N-dealkylation sites (N-methyl/N-ethyl adjacent to an activating group) is 2. The number of hydrogen-bond donors (Lipinski definition) is 0. The van der Waals surface area contributed by atoms with Crippen molar-refractivity contribution in [3.05, 3.63) is 64.1 Å². The van der Waals surface area contributed by atoms with Gasteiger partial charge in [-0.1, -0.05) is 35.9 Å².